The van der Waals surface area contributed by atoms with Crippen molar-refractivity contribution in [1.82, 2.24) is 14.9 Å². The van der Waals surface area contributed by atoms with Crippen LogP contribution >= 0.6 is 11.3 Å². The number of nitrogens with one attached hydrogen (secondary N) is 1. The van der Waals surface area contributed by atoms with Crippen LogP contribution in [0.3, 0.4) is 0 Å². The number of likely N-dealkylation sites (tertiary alicyclic amines) is 1. The standard InChI is InChI=1S/C24H29N5S/c1-2-21-25-23(22-19-10-6-7-11-20(19)30-24(22)26-21)28-27-18-12-14-29(15-13-18)16-17-8-4-3-5-9-17/h3-5,8-9H,2,6-7,10-16H2,1H3,(H,25,26,28). The van der Waals surface area contributed by atoms with Gasteiger partial charge >= 0.3 is 0 Å². The number of aromatic nitrogens is 2. The minimum absolute atomic E-state index is 0.845. The van der Waals surface area contributed by atoms with Gasteiger partial charge in [0.25, 0.3) is 0 Å². The number of hydrazone groups is 1. The van der Waals surface area contributed by atoms with E-state index >= 15 is 0 Å². The number of nitrogens with zero attached hydrogens (tertiary/aromatic N) is 4. The van der Waals surface area contributed by atoms with Crippen LogP contribution in [0.25, 0.3) is 10.2 Å². The highest BCUT2D eigenvalue weighted by atomic mass is 32.1. The van der Waals surface area contributed by atoms with Gasteiger partial charge in [0.1, 0.15) is 10.7 Å². The predicted octanol–water partition coefficient (Wildman–Crippen LogP) is 5.20. The van der Waals surface area contributed by atoms with Crippen molar-refractivity contribution in [2.45, 2.75) is 58.4 Å². The van der Waals surface area contributed by atoms with Crippen LogP contribution in [0.4, 0.5) is 5.82 Å². The Morgan fingerprint density at radius 3 is 2.63 bits per heavy atom. The first-order chi connectivity index (χ1) is 14.8. The Morgan fingerprint density at radius 1 is 1.03 bits per heavy atom. The number of benzene rings is 1. The zero-order valence-corrected chi connectivity index (χ0v) is 18.5. The average molecular weight is 420 g/mol. The van der Waals surface area contributed by atoms with E-state index in [-0.39, 0.29) is 0 Å². The molecule has 2 aliphatic rings. The molecule has 0 atom stereocenters. The second-order valence-electron chi connectivity index (χ2n) is 8.28. The highest BCUT2D eigenvalue weighted by molar-refractivity contribution is 7.19. The van der Waals surface area contributed by atoms with E-state index in [2.05, 4.69) is 47.6 Å². The van der Waals surface area contributed by atoms with Gasteiger partial charge in [-0.25, -0.2) is 9.97 Å². The third kappa shape index (κ3) is 4.12. The third-order valence-corrected chi connectivity index (χ3v) is 7.37. The van der Waals surface area contributed by atoms with Crippen molar-refractivity contribution in [3.63, 3.8) is 0 Å². The molecule has 0 bridgehead atoms. The Balaban J connectivity index is 1.31. The summed E-state index contributed by atoms with van der Waals surface area (Å²) in [5, 5.41) is 6.02. The molecule has 0 unspecified atom stereocenters. The fourth-order valence-corrected chi connectivity index (χ4v) is 5.78. The maximum absolute atomic E-state index is 4.82. The Kier molecular flexibility index (Phi) is 5.77. The number of rotatable bonds is 5. The van der Waals surface area contributed by atoms with Gasteiger partial charge in [-0.15, -0.1) is 11.3 Å². The van der Waals surface area contributed by atoms with Gasteiger partial charge in [-0.1, -0.05) is 37.3 Å². The van der Waals surface area contributed by atoms with Gasteiger partial charge in [0.2, 0.25) is 0 Å². The molecule has 5 nitrogen and oxygen atoms in total. The molecule has 0 amide bonds. The molecule has 1 aliphatic heterocycles. The third-order valence-electron chi connectivity index (χ3n) is 6.18. The molecule has 2 aromatic heterocycles. The van der Waals surface area contributed by atoms with Crippen molar-refractivity contribution in [2.75, 3.05) is 18.5 Å². The summed E-state index contributed by atoms with van der Waals surface area (Å²) < 4.78 is 0. The van der Waals surface area contributed by atoms with E-state index in [0.29, 0.717) is 0 Å². The number of hydrogen-bond acceptors (Lipinski definition) is 6. The van der Waals surface area contributed by atoms with Gasteiger partial charge in [0.15, 0.2) is 5.82 Å². The number of thiophene rings is 1. The topological polar surface area (TPSA) is 53.4 Å². The van der Waals surface area contributed by atoms with Crippen molar-refractivity contribution in [3.8, 4) is 0 Å². The molecule has 1 aromatic carbocycles. The smallest absolute Gasteiger partial charge is 0.159 e. The molecule has 30 heavy (non-hydrogen) atoms. The zero-order valence-electron chi connectivity index (χ0n) is 17.7. The molecule has 6 heteroatoms. The Hall–Kier alpha value is -2.31. The maximum atomic E-state index is 4.82. The van der Waals surface area contributed by atoms with Gasteiger partial charge in [-0.3, -0.25) is 10.3 Å². The second-order valence-corrected chi connectivity index (χ2v) is 9.37. The molecule has 0 radical (unpaired) electrons. The van der Waals surface area contributed by atoms with E-state index in [0.717, 1.165) is 61.8 Å². The molecule has 1 fully saturated rings. The lowest BCUT2D eigenvalue weighted by atomic mass is 9.97. The molecule has 156 valence electrons. The van der Waals surface area contributed by atoms with Crippen molar-refractivity contribution in [2.24, 2.45) is 5.10 Å². The largest absolute Gasteiger partial charge is 0.298 e. The molecular formula is C24H29N5S. The first-order valence-corrected chi connectivity index (χ1v) is 12.0. The van der Waals surface area contributed by atoms with E-state index in [1.165, 1.54) is 46.4 Å². The number of fused-ring (bicyclic) bond motifs is 3. The van der Waals surface area contributed by atoms with Crippen LogP contribution in [0.2, 0.25) is 0 Å². The minimum Gasteiger partial charge on any atom is -0.298 e. The average Bonchev–Trinajstić information content (AvgIpc) is 3.17. The molecule has 0 spiro atoms. The summed E-state index contributed by atoms with van der Waals surface area (Å²) in [6.45, 7) is 5.26. The van der Waals surface area contributed by atoms with Crippen molar-refractivity contribution in [1.29, 1.82) is 0 Å². The second kappa shape index (κ2) is 8.82. The van der Waals surface area contributed by atoms with E-state index in [1.807, 2.05) is 11.3 Å². The van der Waals surface area contributed by atoms with Gasteiger partial charge in [0.05, 0.1) is 5.39 Å². The molecule has 3 aromatic rings. The molecular weight excluding hydrogens is 390 g/mol. The van der Waals surface area contributed by atoms with Crippen LogP contribution < -0.4 is 5.43 Å². The number of piperidine rings is 1. The fourth-order valence-electron chi connectivity index (χ4n) is 4.50. The predicted molar refractivity (Wildman–Crippen MR) is 125 cm³/mol. The molecule has 1 aliphatic carbocycles. The van der Waals surface area contributed by atoms with Crippen LogP contribution in [-0.2, 0) is 25.8 Å². The Bertz CT molecular complexity index is 1050. The van der Waals surface area contributed by atoms with Crippen molar-refractivity contribution < 1.29 is 0 Å². The lowest BCUT2D eigenvalue weighted by Gasteiger charge is -2.27. The highest BCUT2D eigenvalue weighted by Crippen LogP contribution is 2.38. The van der Waals surface area contributed by atoms with Crippen LogP contribution in [-0.4, -0.2) is 33.7 Å². The molecule has 0 saturated carbocycles. The lowest BCUT2D eigenvalue weighted by molar-refractivity contribution is 0.266. The molecule has 3 heterocycles. The fraction of sp³-hybridized carbons (Fsp3) is 0.458. The summed E-state index contributed by atoms with van der Waals surface area (Å²) in [6.07, 6.45) is 7.75. The highest BCUT2D eigenvalue weighted by Gasteiger charge is 2.21. The van der Waals surface area contributed by atoms with Crippen LogP contribution in [0.15, 0.2) is 35.4 Å². The lowest BCUT2D eigenvalue weighted by Crippen LogP contribution is -2.33. The van der Waals surface area contributed by atoms with E-state index < -0.39 is 0 Å². The monoisotopic (exact) mass is 419 g/mol. The quantitative estimate of drug-likeness (QED) is 0.578. The van der Waals surface area contributed by atoms with E-state index in [1.54, 1.807) is 0 Å². The SMILES string of the molecule is CCc1nc(NN=C2CCN(Cc3ccccc3)CC2)c2c3c(sc2n1)CCCC3. The Labute approximate surface area is 182 Å². The first kappa shape index (κ1) is 19.6. The van der Waals surface area contributed by atoms with Crippen molar-refractivity contribution in [3.05, 3.63) is 52.2 Å². The summed E-state index contributed by atoms with van der Waals surface area (Å²) in [4.78, 5) is 14.8. The molecule has 1 N–H and O–H groups in total. The zero-order chi connectivity index (χ0) is 20.3. The van der Waals surface area contributed by atoms with E-state index in [4.69, 9.17) is 15.1 Å². The minimum atomic E-state index is 0.845. The number of anilines is 1. The number of hydrogen-bond donors (Lipinski definition) is 1. The van der Waals surface area contributed by atoms with Crippen LogP contribution in [0, 0.1) is 0 Å². The maximum Gasteiger partial charge on any atom is 0.159 e. The molecule has 1 saturated heterocycles. The summed E-state index contributed by atoms with van der Waals surface area (Å²) in [5.41, 5.74) is 7.45. The van der Waals surface area contributed by atoms with Crippen LogP contribution in [0.5, 0.6) is 0 Å². The van der Waals surface area contributed by atoms with Gasteiger partial charge in [0, 0.05) is 49.5 Å². The summed E-state index contributed by atoms with van der Waals surface area (Å²) in [7, 11) is 0. The normalized spacial score (nSPS) is 17.2. The Morgan fingerprint density at radius 2 is 1.83 bits per heavy atom. The summed E-state index contributed by atoms with van der Waals surface area (Å²) in [6, 6.07) is 10.7. The van der Waals surface area contributed by atoms with Gasteiger partial charge < -0.3 is 0 Å². The van der Waals surface area contributed by atoms with Crippen LogP contribution in [0.1, 0.15) is 54.4 Å². The van der Waals surface area contributed by atoms with E-state index in [9.17, 15) is 0 Å². The summed E-state index contributed by atoms with van der Waals surface area (Å²) >= 11 is 1.86. The summed E-state index contributed by atoms with van der Waals surface area (Å²) in [5.74, 6) is 1.82. The number of aryl methyl sites for hydroxylation is 3. The first-order valence-electron chi connectivity index (χ1n) is 11.2. The van der Waals surface area contributed by atoms with Crippen molar-refractivity contribution >= 4 is 33.1 Å². The van der Waals surface area contributed by atoms with Gasteiger partial charge in [-0.2, -0.15) is 5.10 Å². The van der Waals surface area contributed by atoms with Gasteiger partial charge in [-0.05, 0) is 36.8 Å². The molecule has 5 rings (SSSR count).